The number of aryl methyl sites for hydroxylation is 1. The molecule has 120 valence electrons. The molecule has 2 unspecified atom stereocenters. The number of carbonyl (C=O) groups is 1. The van der Waals surface area contributed by atoms with E-state index in [1.54, 1.807) is 7.11 Å². The average molecular weight is 303 g/mol. The minimum atomic E-state index is -0.258. The van der Waals surface area contributed by atoms with Gasteiger partial charge in [-0.2, -0.15) is 5.10 Å². The number of nitrogens with zero attached hydrogens (tertiary/aromatic N) is 3. The summed E-state index contributed by atoms with van der Waals surface area (Å²) in [6.07, 6.45) is 9.13. The fraction of sp³-hybridized carbons (Fsp3) is 0.647. The largest absolute Gasteiger partial charge is 0.384 e. The van der Waals surface area contributed by atoms with Gasteiger partial charge in [-0.3, -0.25) is 9.48 Å². The van der Waals surface area contributed by atoms with Crippen molar-refractivity contribution in [3.8, 4) is 0 Å². The normalized spacial score (nSPS) is 27.8. The van der Waals surface area contributed by atoms with Gasteiger partial charge in [0, 0.05) is 44.9 Å². The quantitative estimate of drug-likeness (QED) is 0.805. The van der Waals surface area contributed by atoms with Crippen molar-refractivity contribution >= 4 is 5.91 Å². The van der Waals surface area contributed by atoms with Crippen LogP contribution in [0, 0.1) is 5.41 Å². The van der Waals surface area contributed by atoms with E-state index < -0.39 is 0 Å². The van der Waals surface area contributed by atoms with Crippen molar-refractivity contribution in [2.45, 2.75) is 38.6 Å². The molecule has 0 radical (unpaired) electrons. The van der Waals surface area contributed by atoms with Crippen LogP contribution in [-0.4, -0.2) is 40.8 Å². The molecule has 1 amide bonds. The predicted octanol–water partition coefficient (Wildman–Crippen LogP) is 2.24. The molecule has 0 spiro atoms. The van der Waals surface area contributed by atoms with Crippen LogP contribution < -0.4 is 0 Å². The third kappa shape index (κ3) is 2.70. The summed E-state index contributed by atoms with van der Waals surface area (Å²) in [6.45, 7) is 4.07. The van der Waals surface area contributed by atoms with Crippen LogP contribution in [0.4, 0.5) is 0 Å². The van der Waals surface area contributed by atoms with E-state index in [-0.39, 0.29) is 17.2 Å². The molecule has 0 saturated carbocycles. The third-order valence-electron chi connectivity index (χ3n) is 4.90. The Kier molecular flexibility index (Phi) is 4.08. The lowest BCUT2D eigenvalue weighted by molar-refractivity contribution is -0.143. The first-order valence-corrected chi connectivity index (χ1v) is 7.99. The molecular weight excluding hydrogens is 278 g/mol. The molecule has 2 heterocycles. The molecule has 0 N–H and O–H groups in total. The van der Waals surface area contributed by atoms with Crippen molar-refractivity contribution in [1.29, 1.82) is 0 Å². The number of ether oxygens (including phenoxy) is 1. The van der Waals surface area contributed by atoms with Crippen molar-refractivity contribution in [1.82, 2.24) is 14.7 Å². The van der Waals surface area contributed by atoms with Gasteiger partial charge in [-0.15, -0.1) is 0 Å². The summed E-state index contributed by atoms with van der Waals surface area (Å²) >= 11 is 0. The molecule has 1 aliphatic heterocycles. The van der Waals surface area contributed by atoms with E-state index in [2.05, 4.69) is 24.2 Å². The zero-order valence-corrected chi connectivity index (χ0v) is 13.7. The highest BCUT2D eigenvalue weighted by Gasteiger charge is 2.39. The van der Waals surface area contributed by atoms with E-state index in [9.17, 15) is 4.79 Å². The number of carbonyl (C=O) groups excluding carboxylic acids is 1. The molecule has 1 aromatic rings. The molecule has 0 fully saturated rings. The highest BCUT2D eigenvalue weighted by Crippen LogP contribution is 2.37. The Balaban J connectivity index is 1.83. The Hall–Kier alpha value is -1.62. The number of methoxy groups -OCH3 is 1. The van der Waals surface area contributed by atoms with Crippen molar-refractivity contribution in [3.05, 3.63) is 29.6 Å². The van der Waals surface area contributed by atoms with Crippen molar-refractivity contribution < 1.29 is 9.53 Å². The fourth-order valence-electron chi connectivity index (χ4n) is 3.67. The number of hydrogen-bond acceptors (Lipinski definition) is 3. The van der Waals surface area contributed by atoms with Crippen LogP contribution in [0.25, 0.3) is 0 Å². The molecular formula is C17H25N3O2. The second-order valence-electron chi connectivity index (χ2n) is 6.83. The molecule has 0 saturated heterocycles. The monoisotopic (exact) mass is 303 g/mol. The van der Waals surface area contributed by atoms with E-state index in [0.29, 0.717) is 19.7 Å². The van der Waals surface area contributed by atoms with Crippen LogP contribution in [-0.2, 0) is 23.1 Å². The van der Waals surface area contributed by atoms with Crippen LogP contribution >= 0.6 is 0 Å². The molecule has 0 bridgehead atoms. The van der Waals surface area contributed by atoms with Gasteiger partial charge >= 0.3 is 0 Å². The van der Waals surface area contributed by atoms with Crippen molar-refractivity contribution in [3.63, 3.8) is 0 Å². The Morgan fingerprint density at radius 3 is 3.00 bits per heavy atom. The Labute approximate surface area is 131 Å². The third-order valence-corrected chi connectivity index (χ3v) is 4.90. The number of rotatable bonds is 3. The summed E-state index contributed by atoms with van der Waals surface area (Å²) in [4.78, 5) is 15.1. The van der Waals surface area contributed by atoms with Crippen LogP contribution in [0.1, 0.15) is 43.4 Å². The molecule has 0 aromatic carbocycles. The Morgan fingerprint density at radius 1 is 1.50 bits per heavy atom. The van der Waals surface area contributed by atoms with Gasteiger partial charge in [0.25, 0.3) is 0 Å². The summed E-state index contributed by atoms with van der Waals surface area (Å²) in [7, 11) is 3.64. The molecule has 2 atom stereocenters. The zero-order chi connectivity index (χ0) is 15.7. The van der Waals surface area contributed by atoms with E-state index in [0.717, 1.165) is 30.5 Å². The van der Waals surface area contributed by atoms with Gasteiger partial charge < -0.3 is 9.64 Å². The summed E-state index contributed by atoms with van der Waals surface area (Å²) in [6, 6.07) is 0. The van der Waals surface area contributed by atoms with Gasteiger partial charge in [0.05, 0.1) is 17.7 Å². The molecule has 5 nitrogen and oxygen atoms in total. The van der Waals surface area contributed by atoms with Gasteiger partial charge in [0.15, 0.2) is 0 Å². The minimum Gasteiger partial charge on any atom is -0.384 e. The second kappa shape index (κ2) is 5.88. The first-order valence-electron chi connectivity index (χ1n) is 7.99. The first kappa shape index (κ1) is 15.3. The van der Waals surface area contributed by atoms with Crippen molar-refractivity contribution in [2.24, 2.45) is 12.5 Å². The van der Waals surface area contributed by atoms with Gasteiger partial charge in [-0.25, -0.2) is 0 Å². The van der Waals surface area contributed by atoms with Gasteiger partial charge in [0.2, 0.25) is 5.91 Å². The lowest BCUT2D eigenvalue weighted by Gasteiger charge is -2.39. The summed E-state index contributed by atoms with van der Waals surface area (Å²) < 4.78 is 7.19. The number of hydrogen-bond donors (Lipinski definition) is 0. The van der Waals surface area contributed by atoms with Crippen LogP contribution in [0.2, 0.25) is 0 Å². The molecule has 1 aliphatic carbocycles. The van der Waals surface area contributed by atoms with Crippen LogP contribution in [0.15, 0.2) is 18.3 Å². The zero-order valence-electron chi connectivity index (χ0n) is 13.7. The number of allylic oxidation sites excluding steroid dienone is 2. The van der Waals surface area contributed by atoms with Gasteiger partial charge in [0.1, 0.15) is 0 Å². The predicted molar refractivity (Wildman–Crippen MR) is 84.3 cm³/mol. The molecule has 1 aromatic heterocycles. The van der Waals surface area contributed by atoms with E-state index in [1.807, 2.05) is 22.8 Å². The van der Waals surface area contributed by atoms with Crippen LogP contribution in [0.3, 0.4) is 0 Å². The maximum Gasteiger partial charge on any atom is 0.229 e. The maximum atomic E-state index is 13.1. The van der Waals surface area contributed by atoms with E-state index in [1.165, 1.54) is 0 Å². The lowest BCUT2D eigenvalue weighted by atomic mass is 9.77. The number of fused-ring (bicyclic) bond motifs is 1. The maximum absolute atomic E-state index is 13.1. The van der Waals surface area contributed by atoms with E-state index >= 15 is 0 Å². The topological polar surface area (TPSA) is 47.4 Å². The summed E-state index contributed by atoms with van der Waals surface area (Å²) in [5, 5.41) is 4.56. The Morgan fingerprint density at radius 2 is 2.32 bits per heavy atom. The average Bonchev–Trinajstić information content (AvgIpc) is 2.88. The number of amides is 1. The minimum absolute atomic E-state index is 0.168. The van der Waals surface area contributed by atoms with Gasteiger partial charge in [-0.05, 0) is 19.3 Å². The molecule has 2 aliphatic rings. The molecule has 22 heavy (non-hydrogen) atoms. The fourth-order valence-corrected chi connectivity index (χ4v) is 3.67. The summed E-state index contributed by atoms with van der Waals surface area (Å²) in [5.41, 5.74) is 1.98. The molecule has 5 heteroatoms. The summed E-state index contributed by atoms with van der Waals surface area (Å²) in [5.74, 6) is 0.439. The molecule has 3 rings (SSSR count). The SMILES string of the molecule is COCC1CN(C(=O)C2(C)CC=CCC2)Cc2cn(C)nc21. The highest BCUT2D eigenvalue weighted by atomic mass is 16.5. The first-order chi connectivity index (χ1) is 10.5. The number of aromatic nitrogens is 2. The van der Waals surface area contributed by atoms with E-state index in [4.69, 9.17) is 4.74 Å². The second-order valence-corrected chi connectivity index (χ2v) is 6.83. The van der Waals surface area contributed by atoms with Crippen molar-refractivity contribution in [2.75, 3.05) is 20.3 Å². The Bertz CT molecular complexity index is 593. The standard InChI is InChI=1S/C17H25N3O2/c1-17(7-5-4-6-8-17)16(21)20-10-13-9-19(2)18-15(13)14(11-20)12-22-3/h4-5,9,14H,6-8,10-12H2,1-3H3. The van der Waals surface area contributed by atoms with Gasteiger partial charge in [-0.1, -0.05) is 19.1 Å². The lowest BCUT2D eigenvalue weighted by Crippen LogP contribution is -2.46. The smallest absolute Gasteiger partial charge is 0.229 e. The van der Waals surface area contributed by atoms with Crippen LogP contribution in [0.5, 0.6) is 0 Å². The highest BCUT2D eigenvalue weighted by molar-refractivity contribution is 5.83.